The molecule has 0 radical (unpaired) electrons. The Hall–Kier alpha value is -2.29. The van der Waals surface area contributed by atoms with Crippen LogP contribution in [0.5, 0.6) is 0 Å². The van der Waals surface area contributed by atoms with Crippen molar-refractivity contribution in [1.29, 1.82) is 0 Å². The molecule has 0 aliphatic carbocycles. The van der Waals surface area contributed by atoms with Gasteiger partial charge in [-0.1, -0.05) is 13.8 Å². The molecule has 0 unspecified atom stereocenters. The maximum Gasteiger partial charge on any atom is 0.258 e. The molecule has 1 saturated heterocycles. The van der Waals surface area contributed by atoms with Crippen molar-refractivity contribution in [2.24, 2.45) is 11.3 Å². The monoisotopic (exact) mass is 289 g/mol. The minimum absolute atomic E-state index is 0.315. The summed E-state index contributed by atoms with van der Waals surface area (Å²) < 4.78 is 1.49. The third kappa shape index (κ3) is 2.92. The van der Waals surface area contributed by atoms with Crippen molar-refractivity contribution in [1.82, 2.24) is 29.7 Å². The van der Waals surface area contributed by atoms with Crippen LogP contribution in [0.4, 0.5) is 11.9 Å². The molecule has 9 nitrogen and oxygen atoms in total. The van der Waals surface area contributed by atoms with Gasteiger partial charge >= 0.3 is 0 Å². The predicted molar refractivity (Wildman–Crippen MR) is 77.8 cm³/mol. The fourth-order valence-corrected chi connectivity index (χ4v) is 2.29. The molecular weight excluding hydrogens is 270 g/mol. The molecule has 0 atom stereocenters. The van der Waals surface area contributed by atoms with Crippen LogP contribution < -0.4 is 16.2 Å². The molecule has 3 rings (SSSR count). The van der Waals surface area contributed by atoms with Crippen LogP contribution in [0.2, 0.25) is 0 Å². The second kappa shape index (κ2) is 5.24. The lowest BCUT2D eigenvalue weighted by molar-refractivity contribution is 0.278. The Balaban J connectivity index is 1.90. The molecule has 3 heterocycles. The standard InChI is InChI=1S/C12H19N9/c1-12(2)3-5-20(6-4-12)10-16-9(19-13)17-11(18-10)21-8-14-7-15-21/h7-8H,3-6,13H2,1-2H3,(H,16,17,18,19). The third-order valence-corrected chi connectivity index (χ3v) is 3.76. The summed E-state index contributed by atoms with van der Waals surface area (Å²) in [6.07, 6.45) is 5.17. The first-order valence-electron chi connectivity index (χ1n) is 6.90. The molecule has 0 amide bonds. The minimum Gasteiger partial charge on any atom is -0.341 e. The van der Waals surface area contributed by atoms with Gasteiger partial charge in [0.25, 0.3) is 5.95 Å². The van der Waals surface area contributed by atoms with Gasteiger partial charge in [0.15, 0.2) is 0 Å². The third-order valence-electron chi connectivity index (χ3n) is 3.76. The summed E-state index contributed by atoms with van der Waals surface area (Å²) >= 11 is 0. The number of nitrogens with zero attached hydrogens (tertiary/aromatic N) is 7. The van der Waals surface area contributed by atoms with E-state index in [2.05, 4.69) is 49.2 Å². The average Bonchev–Trinajstić information content (AvgIpc) is 3.01. The number of anilines is 2. The number of nitrogens with one attached hydrogen (secondary N) is 1. The van der Waals surface area contributed by atoms with Crippen LogP contribution in [0.1, 0.15) is 26.7 Å². The van der Waals surface area contributed by atoms with Crippen LogP contribution in [0, 0.1) is 5.41 Å². The Labute approximate surface area is 122 Å². The van der Waals surface area contributed by atoms with E-state index in [9.17, 15) is 0 Å². The van der Waals surface area contributed by atoms with Gasteiger partial charge in [-0.25, -0.2) is 10.8 Å². The summed E-state index contributed by atoms with van der Waals surface area (Å²) in [5, 5.41) is 4.04. The maximum absolute atomic E-state index is 5.45. The molecule has 112 valence electrons. The van der Waals surface area contributed by atoms with E-state index in [0.29, 0.717) is 23.3 Å². The second-order valence-corrected chi connectivity index (χ2v) is 5.89. The molecule has 21 heavy (non-hydrogen) atoms. The Morgan fingerprint density at radius 3 is 2.48 bits per heavy atom. The number of piperidine rings is 1. The molecule has 0 aromatic carbocycles. The number of hydrazine groups is 1. The van der Waals surface area contributed by atoms with Crippen molar-refractivity contribution >= 4 is 11.9 Å². The molecule has 1 aliphatic heterocycles. The van der Waals surface area contributed by atoms with E-state index in [1.165, 1.54) is 11.0 Å². The van der Waals surface area contributed by atoms with Crippen molar-refractivity contribution in [3.63, 3.8) is 0 Å². The van der Waals surface area contributed by atoms with E-state index < -0.39 is 0 Å². The van der Waals surface area contributed by atoms with E-state index in [-0.39, 0.29) is 0 Å². The smallest absolute Gasteiger partial charge is 0.258 e. The quantitative estimate of drug-likeness (QED) is 0.615. The lowest BCUT2D eigenvalue weighted by Gasteiger charge is -2.36. The Kier molecular flexibility index (Phi) is 3.42. The Morgan fingerprint density at radius 1 is 1.14 bits per heavy atom. The first kappa shape index (κ1) is 13.7. The van der Waals surface area contributed by atoms with Gasteiger partial charge in [-0.15, -0.1) is 0 Å². The van der Waals surface area contributed by atoms with E-state index >= 15 is 0 Å². The highest BCUT2D eigenvalue weighted by atomic mass is 15.4. The van der Waals surface area contributed by atoms with Crippen LogP contribution in [0.3, 0.4) is 0 Å². The van der Waals surface area contributed by atoms with Gasteiger partial charge in [0.05, 0.1) is 0 Å². The van der Waals surface area contributed by atoms with E-state index in [4.69, 9.17) is 5.84 Å². The largest absolute Gasteiger partial charge is 0.341 e. The molecule has 2 aromatic heterocycles. The molecule has 9 heteroatoms. The molecular formula is C12H19N9. The number of rotatable bonds is 3. The van der Waals surface area contributed by atoms with Crippen molar-refractivity contribution in [3.8, 4) is 5.95 Å². The highest BCUT2D eigenvalue weighted by Gasteiger charge is 2.27. The van der Waals surface area contributed by atoms with Gasteiger partial charge < -0.3 is 4.90 Å². The summed E-state index contributed by atoms with van der Waals surface area (Å²) in [6.45, 7) is 6.40. The topological polar surface area (TPSA) is 111 Å². The van der Waals surface area contributed by atoms with Gasteiger partial charge in [-0.05, 0) is 18.3 Å². The van der Waals surface area contributed by atoms with Crippen molar-refractivity contribution in [3.05, 3.63) is 12.7 Å². The number of nitrogen functional groups attached to an aromatic ring is 1. The van der Waals surface area contributed by atoms with Crippen LogP contribution in [-0.2, 0) is 0 Å². The number of hydrogen-bond acceptors (Lipinski definition) is 8. The average molecular weight is 289 g/mol. The first-order valence-corrected chi connectivity index (χ1v) is 6.90. The number of aromatic nitrogens is 6. The minimum atomic E-state index is 0.315. The lowest BCUT2D eigenvalue weighted by Crippen LogP contribution is -2.38. The predicted octanol–water partition coefficient (Wildman–Crippen LogP) is 0.364. The second-order valence-electron chi connectivity index (χ2n) is 5.89. The van der Waals surface area contributed by atoms with Gasteiger partial charge in [0.1, 0.15) is 12.7 Å². The zero-order chi connectivity index (χ0) is 14.9. The highest BCUT2D eigenvalue weighted by Crippen LogP contribution is 2.31. The molecule has 1 fully saturated rings. The Bertz CT molecular complexity index is 597. The molecule has 1 aliphatic rings. The fourth-order valence-electron chi connectivity index (χ4n) is 2.29. The number of hydrogen-bond donors (Lipinski definition) is 2. The van der Waals surface area contributed by atoms with E-state index in [1.807, 2.05) is 0 Å². The van der Waals surface area contributed by atoms with Crippen LogP contribution >= 0.6 is 0 Å². The normalized spacial score (nSPS) is 17.8. The maximum atomic E-state index is 5.45. The first-order chi connectivity index (χ1) is 10.1. The lowest BCUT2D eigenvalue weighted by atomic mass is 9.83. The summed E-state index contributed by atoms with van der Waals surface area (Å²) in [5.74, 6) is 6.77. The summed E-state index contributed by atoms with van der Waals surface area (Å²) in [7, 11) is 0. The van der Waals surface area contributed by atoms with Crippen LogP contribution in [0.15, 0.2) is 12.7 Å². The summed E-state index contributed by atoms with van der Waals surface area (Å²) in [5.41, 5.74) is 2.84. The summed E-state index contributed by atoms with van der Waals surface area (Å²) in [4.78, 5) is 19.0. The van der Waals surface area contributed by atoms with Gasteiger partial charge in [0.2, 0.25) is 11.9 Å². The van der Waals surface area contributed by atoms with Gasteiger partial charge in [-0.3, -0.25) is 5.43 Å². The SMILES string of the molecule is CC1(C)CCN(c2nc(NN)nc(-n3cncn3)n2)CC1. The number of nitrogens with two attached hydrogens (primary N) is 1. The van der Waals surface area contributed by atoms with E-state index in [0.717, 1.165) is 25.9 Å². The molecule has 0 saturated carbocycles. The van der Waals surface area contributed by atoms with Crippen LogP contribution in [-0.4, -0.2) is 42.8 Å². The van der Waals surface area contributed by atoms with Crippen molar-refractivity contribution < 1.29 is 0 Å². The zero-order valence-electron chi connectivity index (χ0n) is 12.2. The zero-order valence-corrected chi connectivity index (χ0v) is 12.2. The molecule has 3 N–H and O–H groups in total. The van der Waals surface area contributed by atoms with Crippen molar-refractivity contribution in [2.75, 3.05) is 23.4 Å². The fraction of sp³-hybridized carbons (Fsp3) is 0.583. The highest BCUT2D eigenvalue weighted by molar-refractivity contribution is 5.39. The van der Waals surface area contributed by atoms with Crippen molar-refractivity contribution in [2.45, 2.75) is 26.7 Å². The molecule has 2 aromatic rings. The van der Waals surface area contributed by atoms with Crippen LogP contribution in [0.25, 0.3) is 5.95 Å². The Morgan fingerprint density at radius 2 is 1.86 bits per heavy atom. The molecule has 0 bridgehead atoms. The molecule has 0 spiro atoms. The van der Waals surface area contributed by atoms with Gasteiger partial charge in [0, 0.05) is 13.1 Å². The van der Waals surface area contributed by atoms with E-state index in [1.54, 1.807) is 6.33 Å². The summed E-state index contributed by atoms with van der Waals surface area (Å²) in [6, 6.07) is 0. The van der Waals surface area contributed by atoms with Gasteiger partial charge in [-0.2, -0.15) is 24.7 Å².